The molecular formula is C11H12FNO. The Balaban J connectivity index is 2.13. The van der Waals surface area contributed by atoms with Crippen molar-refractivity contribution in [2.75, 3.05) is 0 Å². The largest absolute Gasteiger partial charge is 0.318 e. The van der Waals surface area contributed by atoms with E-state index in [0.717, 1.165) is 12.8 Å². The third kappa shape index (κ3) is 1.82. The number of rotatable bonds is 3. The van der Waals surface area contributed by atoms with Crippen LogP contribution in [0.15, 0.2) is 24.3 Å². The van der Waals surface area contributed by atoms with E-state index in [1.54, 1.807) is 12.1 Å². The minimum atomic E-state index is -0.580. The van der Waals surface area contributed by atoms with Gasteiger partial charge in [0, 0.05) is 5.92 Å². The molecule has 2 nitrogen and oxygen atoms in total. The van der Waals surface area contributed by atoms with Crippen LogP contribution in [0.2, 0.25) is 0 Å². The number of carbonyl (C=O) groups is 1. The Kier molecular flexibility index (Phi) is 2.33. The van der Waals surface area contributed by atoms with Gasteiger partial charge in [0.05, 0.1) is 6.04 Å². The molecule has 2 N–H and O–H groups in total. The maximum Gasteiger partial charge on any atom is 0.157 e. The summed E-state index contributed by atoms with van der Waals surface area (Å²) in [6, 6.07) is 5.22. The van der Waals surface area contributed by atoms with Gasteiger partial charge in [-0.05, 0) is 30.5 Å². The van der Waals surface area contributed by atoms with Crippen LogP contribution in [0, 0.1) is 11.7 Å². The molecule has 74 valence electrons. The van der Waals surface area contributed by atoms with Gasteiger partial charge in [-0.2, -0.15) is 0 Å². The fourth-order valence-electron chi connectivity index (χ4n) is 1.46. The molecule has 0 heterocycles. The van der Waals surface area contributed by atoms with E-state index >= 15 is 0 Å². The molecular weight excluding hydrogens is 181 g/mol. The first kappa shape index (κ1) is 9.34. The maximum absolute atomic E-state index is 12.6. The summed E-state index contributed by atoms with van der Waals surface area (Å²) in [5.74, 6) is -0.0773. The second-order valence-corrected chi connectivity index (χ2v) is 3.71. The normalized spacial score (nSPS) is 17.9. The van der Waals surface area contributed by atoms with Gasteiger partial charge in [-0.15, -0.1) is 0 Å². The standard InChI is InChI=1S/C11H12FNO/c12-9-5-3-7(4-6-9)10(13)11(14)8-1-2-8/h3-6,8,10H,1-2,13H2. The lowest BCUT2D eigenvalue weighted by Gasteiger charge is -2.09. The number of Topliss-reactive ketones (excluding diaryl/α,β-unsaturated/α-hetero) is 1. The minimum Gasteiger partial charge on any atom is -0.318 e. The summed E-state index contributed by atoms with van der Waals surface area (Å²) in [4.78, 5) is 11.6. The molecule has 0 aromatic heterocycles. The molecule has 0 saturated heterocycles. The molecule has 1 aliphatic rings. The fourth-order valence-corrected chi connectivity index (χ4v) is 1.46. The van der Waals surface area contributed by atoms with Crippen molar-refractivity contribution in [2.45, 2.75) is 18.9 Å². The molecule has 3 heteroatoms. The molecule has 2 rings (SSSR count). The van der Waals surface area contributed by atoms with Crippen LogP contribution in [0.4, 0.5) is 4.39 Å². The number of nitrogens with two attached hydrogens (primary N) is 1. The molecule has 0 spiro atoms. The van der Waals surface area contributed by atoms with Gasteiger partial charge in [0.1, 0.15) is 5.82 Å². The van der Waals surface area contributed by atoms with Crippen molar-refractivity contribution in [1.29, 1.82) is 0 Å². The second-order valence-electron chi connectivity index (χ2n) is 3.71. The average Bonchev–Trinajstić information content (AvgIpc) is 3.00. The van der Waals surface area contributed by atoms with Crippen LogP contribution in [0.3, 0.4) is 0 Å². The number of hydrogen-bond acceptors (Lipinski definition) is 2. The number of benzene rings is 1. The monoisotopic (exact) mass is 193 g/mol. The van der Waals surface area contributed by atoms with Crippen LogP contribution in [0.5, 0.6) is 0 Å². The van der Waals surface area contributed by atoms with Crippen molar-refractivity contribution in [3.63, 3.8) is 0 Å². The van der Waals surface area contributed by atoms with E-state index in [2.05, 4.69) is 0 Å². The third-order valence-corrected chi connectivity index (χ3v) is 2.52. The van der Waals surface area contributed by atoms with Crippen molar-refractivity contribution in [3.8, 4) is 0 Å². The number of hydrogen-bond donors (Lipinski definition) is 1. The zero-order chi connectivity index (χ0) is 10.1. The van der Waals surface area contributed by atoms with E-state index in [9.17, 15) is 9.18 Å². The predicted octanol–water partition coefficient (Wildman–Crippen LogP) is 1.80. The predicted molar refractivity (Wildman–Crippen MR) is 51.1 cm³/mol. The summed E-state index contributed by atoms with van der Waals surface area (Å²) in [5.41, 5.74) is 6.46. The quantitative estimate of drug-likeness (QED) is 0.795. The van der Waals surface area contributed by atoms with Crippen molar-refractivity contribution in [3.05, 3.63) is 35.6 Å². The number of ketones is 1. The second kappa shape index (κ2) is 3.50. The molecule has 0 bridgehead atoms. The van der Waals surface area contributed by atoms with Gasteiger partial charge in [-0.25, -0.2) is 4.39 Å². The van der Waals surface area contributed by atoms with Crippen LogP contribution in [0.25, 0.3) is 0 Å². The van der Waals surface area contributed by atoms with Crippen molar-refractivity contribution in [1.82, 2.24) is 0 Å². The lowest BCUT2D eigenvalue weighted by atomic mass is 10.0. The highest BCUT2D eigenvalue weighted by Gasteiger charge is 2.33. The molecule has 1 aliphatic carbocycles. The minimum absolute atomic E-state index is 0.0802. The molecule has 1 saturated carbocycles. The molecule has 0 aliphatic heterocycles. The van der Waals surface area contributed by atoms with Crippen molar-refractivity contribution in [2.24, 2.45) is 11.7 Å². The van der Waals surface area contributed by atoms with Crippen LogP contribution < -0.4 is 5.73 Å². The molecule has 14 heavy (non-hydrogen) atoms. The molecule has 0 amide bonds. The Hall–Kier alpha value is -1.22. The van der Waals surface area contributed by atoms with Crippen LogP contribution in [-0.2, 0) is 4.79 Å². The van der Waals surface area contributed by atoms with Gasteiger partial charge >= 0.3 is 0 Å². The number of carbonyl (C=O) groups excluding carboxylic acids is 1. The van der Waals surface area contributed by atoms with Gasteiger partial charge in [0.15, 0.2) is 5.78 Å². The number of halogens is 1. The Morgan fingerprint density at radius 2 is 1.93 bits per heavy atom. The Labute approximate surface area is 81.9 Å². The summed E-state index contributed by atoms with van der Waals surface area (Å²) in [5, 5.41) is 0. The van der Waals surface area contributed by atoms with Crippen molar-refractivity contribution >= 4 is 5.78 Å². The first-order valence-corrected chi connectivity index (χ1v) is 4.73. The molecule has 1 aromatic carbocycles. The van der Waals surface area contributed by atoms with Crippen LogP contribution >= 0.6 is 0 Å². The van der Waals surface area contributed by atoms with Crippen LogP contribution in [0.1, 0.15) is 24.4 Å². The smallest absolute Gasteiger partial charge is 0.157 e. The van der Waals surface area contributed by atoms with Crippen LogP contribution in [-0.4, -0.2) is 5.78 Å². The highest BCUT2D eigenvalue weighted by molar-refractivity contribution is 5.89. The Bertz CT molecular complexity index is 343. The highest BCUT2D eigenvalue weighted by Crippen LogP contribution is 2.33. The average molecular weight is 193 g/mol. The third-order valence-electron chi connectivity index (χ3n) is 2.52. The van der Waals surface area contributed by atoms with Gasteiger partial charge in [0.25, 0.3) is 0 Å². The molecule has 1 aromatic rings. The highest BCUT2D eigenvalue weighted by atomic mass is 19.1. The zero-order valence-corrected chi connectivity index (χ0v) is 7.74. The fraction of sp³-hybridized carbons (Fsp3) is 0.364. The molecule has 1 unspecified atom stereocenters. The van der Waals surface area contributed by atoms with Gasteiger partial charge in [-0.1, -0.05) is 12.1 Å². The lowest BCUT2D eigenvalue weighted by Crippen LogP contribution is -2.22. The van der Waals surface area contributed by atoms with E-state index in [4.69, 9.17) is 5.73 Å². The van der Waals surface area contributed by atoms with Gasteiger partial charge in [-0.3, -0.25) is 4.79 Å². The van der Waals surface area contributed by atoms with E-state index in [1.165, 1.54) is 12.1 Å². The molecule has 0 radical (unpaired) electrons. The first-order valence-electron chi connectivity index (χ1n) is 4.73. The first-order chi connectivity index (χ1) is 6.68. The Morgan fingerprint density at radius 1 is 1.36 bits per heavy atom. The Morgan fingerprint density at radius 3 is 2.43 bits per heavy atom. The van der Waals surface area contributed by atoms with Gasteiger partial charge in [0.2, 0.25) is 0 Å². The molecule has 1 atom stereocenters. The van der Waals surface area contributed by atoms with Crippen molar-refractivity contribution < 1.29 is 9.18 Å². The SMILES string of the molecule is NC(C(=O)C1CC1)c1ccc(F)cc1. The van der Waals surface area contributed by atoms with Gasteiger partial charge < -0.3 is 5.73 Å². The van der Waals surface area contributed by atoms with E-state index < -0.39 is 6.04 Å². The maximum atomic E-state index is 12.6. The van der Waals surface area contributed by atoms with E-state index in [-0.39, 0.29) is 17.5 Å². The summed E-state index contributed by atoms with van der Waals surface area (Å²) in [6.07, 6.45) is 1.90. The van der Waals surface area contributed by atoms with E-state index in [1.807, 2.05) is 0 Å². The van der Waals surface area contributed by atoms with E-state index in [0.29, 0.717) is 5.56 Å². The summed E-state index contributed by atoms with van der Waals surface area (Å²) >= 11 is 0. The summed E-state index contributed by atoms with van der Waals surface area (Å²) < 4.78 is 12.6. The zero-order valence-electron chi connectivity index (χ0n) is 7.74. The topological polar surface area (TPSA) is 43.1 Å². The lowest BCUT2D eigenvalue weighted by molar-refractivity contribution is -0.121. The molecule has 1 fully saturated rings. The summed E-state index contributed by atoms with van der Waals surface area (Å²) in [6.45, 7) is 0. The summed E-state index contributed by atoms with van der Waals surface area (Å²) in [7, 11) is 0.